The second-order valence-corrected chi connectivity index (χ2v) is 13.4. The summed E-state index contributed by atoms with van der Waals surface area (Å²) < 4.78 is 21.7. The number of benzene rings is 2. The van der Waals surface area contributed by atoms with Gasteiger partial charge in [0, 0.05) is 44.0 Å². The van der Waals surface area contributed by atoms with E-state index in [1.54, 1.807) is 38.2 Å². The summed E-state index contributed by atoms with van der Waals surface area (Å²) in [6.07, 6.45) is 3.48. The largest absolute Gasteiger partial charge is 0.493 e. The van der Waals surface area contributed by atoms with Crippen LogP contribution in [0.1, 0.15) is 43.5 Å². The van der Waals surface area contributed by atoms with Crippen LogP contribution in [0.15, 0.2) is 74.1 Å². The van der Waals surface area contributed by atoms with Crippen molar-refractivity contribution in [1.82, 2.24) is 23.5 Å². The maximum atomic E-state index is 14.2. The summed E-state index contributed by atoms with van der Waals surface area (Å²) in [5.41, 5.74) is 0.471. The van der Waals surface area contributed by atoms with Crippen LogP contribution in [0.3, 0.4) is 0 Å². The SMILES string of the molecule is COc1cc2nc(CCn3c(=O)n4n(c3=O)[C@@H]3C[C@H]5C(=O)C(C)=CC(=O)[C@@]5(C)[C@@H](c5ccc(OCCO)cc5)C3=CC4)c(=O)n(C)c2cc1OC. The van der Waals surface area contributed by atoms with Gasteiger partial charge in [-0.1, -0.05) is 25.1 Å². The van der Waals surface area contributed by atoms with Crippen LogP contribution in [-0.2, 0) is 36.1 Å². The Morgan fingerprint density at radius 1 is 1.00 bits per heavy atom. The molecule has 51 heavy (non-hydrogen) atoms. The molecule has 3 heterocycles. The van der Waals surface area contributed by atoms with Crippen molar-refractivity contribution < 1.29 is 28.9 Å². The van der Waals surface area contributed by atoms with Gasteiger partial charge in [0.2, 0.25) is 0 Å². The molecule has 2 aromatic carbocycles. The van der Waals surface area contributed by atoms with E-state index in [1.165, 1.54) is 34.2 Å². The molecule has 4 atom stereocenters. The van der Waals surface area contributed by atoms with Gasteiger partial charge < -0.3 is 23.9 Å². The minimum Gasteiger partial charge on any atom is -0.493 e. The van der Waals surface area contributed by atoms with E-state index in [2.05, 4.69) is 4.98 Å². The minimum absolute atomic E-state index is 0.00602. The van der Waals surface area contributed by atoms with Gasteiger partial charge in [0.25, 0.3) is 5.56 Å². The van der Waals surface area contributed by atoms with Gasteiger partial charge in [-0.05, 0) is 48.3 Å². The number of hydrogen-bond acceptors (Lipinski definition) is 10. The quantitative estimate of drug-likeness (QED) is 0.256. The number of nitrogens with zero attached hydrogens (tertiary/aromatic N) is 5. The predicted octanol–water partition coefficient (Wildman–Crippen LogP) is 2.08. The minimum atomic E-state index is -1.13. The third kappa shape index (κ3) is 5.19. The van der Waals surface area contributed by atoms with Gasteiger partial charge in [-0.3, -0.25) is 14.4 Å². The molecule has 7 rings (SSSR count). The van der Waals surface area contributed by atoms with E-state index in [1.807, 2.05) is 25.1 Å². The molecule has 1 fully saturated rings. The van der Waals surface area contributed by atoms with Crippen LogP contribution in [0.2, 0.25) is 0 Å². The van der Waals surface area contributed by atoms with Crippen LogP contribution in [0.5, 0.6) is 17.2 Å². The highest BCUT2D eigenvalue weighted by molar-refractivity contribution is 6.13. The first-order valence-corrected chi connectivity index (χ1v) is 16.8. The fraction of sp³-hybridized carbons (Fsp3) is 0.405. The number of aliphatic hydroxyl groups is 1. The van der Waals surface area contributed by atoms with E-state index in [0.29, 0.717) is 33.9 Å². The fourth-order valence-corrected chi connectivity index (χ4v) is 8.17. The Morgan fingerprint density at radius 3 is 2.39 bits per heavy atom. The lowest BCUT2D eigenvalue weighted by Crippen LogP contribution is -2.54. The Labute approximate surface area is 291 Å². The van der Waals surface area contributed by atoms with Crippen LogP contribution >= 0.6 is 0 Å². The van der Waals surface area contributed by atoms with Gasteiger partial charge >= 0.3 is 11.4 Å². The Bertz CT molecular complexity index is 2340. The van der Waals surface area contributed by atoms with Crippen molar-refractivity contribution in [3.63, 3.8) is 0 Å². The van der Waals surface area contributed by atoms with Gasteiger partial charge in [0.1, 0.15) is 18.1 Å². The Balaban J connectivity index is 1.28. The first-order valence-electron chi connectivity index (χ1n) is 16.8. The smallest absolute Gasteiger partial charge is 0.347 e. The summed E-state index contributed by atoms with van der Waals surface area (Å²) >= 11 is 0. The summed E-state index contributed by atoms with van der Waals surface area (Å²) in [6.45, 7) is 3.40. The number of hydrogen-bond donors (Lipinski definition) is 1. The molecular weight excluding hydrogens is 658 g/mol. The topological polar surface area (TPSA) is 166 Å². The average Bonchev–Trinajstić information content (AvgIpc) is 3.38. The van der Waals surface area contributed by atoms with Gasteiger partial charge in [0.05, 0.1) is 49.9 Å². The number of rotatable bonds is 9. The highest BCUT2D eigenvalue weighted by Gasteiger charge is 2.59. The number of ether oxygens (including phenoxy) is 3. The number of fused-ring (bicyclic) bond motifs is 5. The second kappa shape index (κ2) is 12.7. The summed E-state index contributed by atoms with van der Waals surface area (Å²) in [4.78, 5) is 73.6. The normalized spacial score (nSPS) is 22.5. The summed E-state index contributed by atoms with van der Waals surface area (Å²) in [7, 11) is 4.62. The zero-order chi connectivity index (χ0) is 36.4. The number of allylic oxidation sites excluding steroid dienone is 4. The molecule has 14 heteroatoms. The molecule has 0 radical (unpaired) electrons. The number of Topliss-reactive ketones (excluding diaryl/α,β-unsaturated/α-hetero) is 1. The van der Waals surface area contributed by atoms with Gasteiger partial charge in [0.15, 0.2) is 23.1 Å². The molecule has 1 aliphatic heterocycles. The number of aromatic nitrogens is 5. The van der Waals surface area contributed by atoms with E-state index in [-0.39, 0.29) is 62.0 Å². The fourth-order valence-electron chi connectivity index (χ4n) is 8.17. The van der Waals surface area contributed by atoms with Crippen molar-refractivity contribution in [2.45, 2.75) is 51.7 Å². The molecule has 2 aromatic heterocycles. The third-order valence-electron chi connectivity index (χ3n) is 10.8. The molecule has 2 aliphatic carbocycles. The number of ketones is 2. The molecule has 0 spiro atoms. The van der Waals surface area contributed by atoms with Crippen LogP contribution in [-0.4, -0.2) is 67.6 Å². The van der Waals surface area contributed by atoms with Crippen LogP contribution in [0.4, 0.5) is 0 Å². The van der Waals surface area contributed by atoms with E-state index >= 15 is 0 Å². The number of aliphatic hydroxyl groups excluding tert-OH is 1. The van der Waals surface area contributed by atoms with E-state index in [9.17, 15) is 29.1 Å². The third-order valence-corrected chi connectivity index (χ3v) is 10.8. The lowest BCUT2D eigenvalue weighted by atomic mass is 9.51. The standard InChI is InChI=1S/C37H39N5O9/c1-20-16-31(44)37(2)24(33(20)45)17-27-23(32(37)21-6-8-22(9-7-21)51-15-14-43)10-13-41-35(47)40(36(48)42(27)41)12-11-25-34(46)39(3)28-19-30(50-5)29(49-4)18-26(28)38-25/h6-10,16,18-19,24,27,32,43H,11-15,17H2,1-5H3/t24-,27+,32-,37-/m0/s1. The summed E-state index contributed by atoms with van der Waals surface area (Å²) in [5.74, 6) is -0.222. The molecule has 14 nitrogen and oxygen atoms in total. The maximum Gasteiger partial charge on any atom is 0.347 e. The summed E-state index contributed by atoms with van der Waals surface area (Å²) in [5, 5.41) is 9.18. The number of methoxy groups -OCH3 is 2. The lowest BCUT2D eigenvalue weighted by Gasteiger charge is -2.52. The zero-order valence-corrected chi connectivity index (χ0v) is 29.0. The van der Waals surface area contributed by atoms with Crippen molar-refractivity contribution in [3.05, 3.63) is 102 Å². The van der Waals surface area contributed by atoms with Crippen LogP contribution in [0, 0.1) is 11.3 Å². The number of carbonyl (C=O) groups is 2. The Morgan fingerprint density at radius 2 is 1.71 bits per heavy atom. The molecule has 1 saturated carbocycles. The van der Waals surface area contributed by atoms with E-state index in [4.69, 9.17) is 14.2 Å². The van der Waals surface area contributed by atoms with Crippen LogP contribution in [0.25, 0.3) is 11.0 Å². The Kier molecular flexibility index (Phi) is 8.44. The monoisotopic (exact) mass is 697 g/mol. The number of aryl methyl sites for hydroxylation is 2. The van der Waals surface area contributed by atoms with E-state index in [0.717, 1.165) is 15.7 Å². The Hall–Kier alpha value is -5.50. The van der Waals surface area contributed by atoms with Crippen molar-refractivity contribution in [2.24, 2.45) is 18.4 Å². The molecule has 3 aliphatic rings. The molecule has 0 amide bonds. The average molecular weight is 698 g/mol. The molecule has 4 aromatic rings. The van der Waals surface area contributed by atoms with E-state index < -0.39 is 34.7 Å². The summed E-state index contributed by atoms with van der Waals surface area (Å²) in [6, 6.07) is 9.84. The highest BCUT2D eigenvalue weighted by Crippen LogP contribution is 2.59. The lowest BCUT2D eigenvalue weighted by molar-refractivity contribution is -0.139. The maximum absolute atomic E-state index is 14.2. The first kappa shape index (κ1) is 34.0. The second-order valence-electron chi connectivity index (χ2n) is 13.4. The molecule has 266 valence electrons. The highest BCUT2D eigenvalue weighted by atomic mass is 16.5. The van der Waals surface area contributed by atoms with Gasteiger partial charge in [-0.25, -0.2) is 28.5 Å². The molecule has 0 bridgehead atoms. The van der Waals surface area contributed by atoms with Crippen LogP contribution < -0.4 is 31.1 Å². The zero-order valence-electron chi connectivity index (χ0n) is 29.0. The molecule has 0 unspecified atom stereocenters. The van der Waals surface area contributed by atoms with Gasteiger partial charge in [-0.15, -0.1) is 0 Å². The van der Waals surface area contributed by atoms with Crippen molar-refractivity contribution in [1.29, 1.82) is 0 Å². The molecule has 1 N–H and O–H groups in total. The van der Waals surface area contributed by atoms with Crippen molar-refractivity contribution in [3.8, 4) is 17.2 Å². The molecular formula is C37H39N5O9. The molecule has 0 saturated heterocycles. The van der Waals surface area contributed by atoms with Gasteiger partial charge in [-0.2, -0.15) is 0 Å². The van der Waals surface area contributed by atoms with Crippen molar-refractivity contribution in [2.75, 3.05) is 27.4 Å². The number of carbonyl (C=O) groups excluding carboxylic acids is 2. The predicted molar refractivity (Wildman–Crippen MR) is 186 cm³/mol. The van der Waals surface area contributed by atoms with Crippen molar-refractivity contribution >= 4 is 22.6 Å². The first-order chi connectivity index (χ1) is 24.4.